The van der Waals surface area contributed by atoms with Crippen molar-refractivity contribution in [3.63, 3.8) is 0 Å². The number of rotatable bonds is 5. The van der Waals surface area contributed by atoms with E-state index >= 15 is 0 Å². The Kier molecular flexibility index (Phi) is 4.92. The Labute approximate surface area is 145 Å². The van der Waals surface area contributed by atoms with Crippen LogP contribution < -0.4 is 14.8 Å². The van der Waals surface area contributed by atoms with E-state index in [-0.39, 0.29) is 11.7 Å². The van der Waals surface area contributed by atoms with E-state index in [0.29, 0.717) is 31.3 Å². The second-order valence-corrected chi connectivity index (χ2v) is 5.84. The van der Waals surface area contributed by atoms with E-state index in [9.17, 15) is 9.59 Å². The number of nitrogens with zero attached hydrogens (tertiary/aromatic N) is 1. The van der Waals surface area contributed by atoms with E-state index < -0.39 is 11.9 Å². The lowest BCUT2D eigenvalue weighted by Crippen LogP contribution is -2.45. The Bertz CT molecular complexity index is 757. The summed E-state index contributed by atoms with van der Waals surface area (Å²) in [5, 5.41) is 2.63. The molecule has 1 aromatic carbocycles. The first-order valence-corrected chi connectivity index (χ1v) is 8.02. The summed E-state index contributed by atoms with van der Waals surface area (Å²) in [7, 11) is 1.69. The summed E-state index contributed by atoms with van der Waals surface area (Å²) >= 11 is 0. The minimum Gasteiger partial charge on any atom is -0.486 e. The molecule has 0 saturated carbocycles. The number of hydrogen-bond donors (Lipinski definition) is 1. The first-order valence-electron chi connectivity index (χ1n) is 8.02. The maximum atomic E-state index is 12.5. The Morgan fingerprint density at radius 1 is 1.20 bits per heavy atom. The standard InChI is InChI=1S/C18H20N2O5/c1-12(19-17(21)15-4-3-7-23-15)18(22)20(2)11-13-5-6-14-16(10-13)25-9-8-24-14/h3-7,10,12H,8-9,11H2,1-2H3,(H,19,21). The van der Waals surface area contributed by atoms with E-state index in [1.807, 2.05) is 18.2 Å². The molecule has 7 nitrogen and oxygen atoms in total. The third kappa shape index (κ3) is 3.93. The average Bonchev–Trinajstić information content (AvgIpc) is 3.15. The van der Waals surface area contributed by atoms with Crippen LogP contribution in [0.4, 0.5) is 0 Å². The van der Waals surface area contributed by atoms with E-state index in [4.69, 9.17) is 13.9 Å². The van der Waals surface area contributed by atoms with Crippen LogP contribution in [0.2, 0.25) is 0 Å². The summed E-state index contributed by atoms with van der Waals surface area (Å²) in [6.45, 7) is 3.10. The van der Waals surface area contributed by atoms with Crippen molar-refractivity contribution >= 4 is 11.8 Å². The molecule has 0 saturated heterocycles. The van der Waals surface area contributed by atoms with Crippen molar-refractivity contribution in [3.05, 3.63) is 47.9 Å². The molecule has 1 aromatic heterocycles. The van der Waals surface area contributed by atoms with Crippen molar-refractivity contribution in [1.82, 2.24) is 10.2 Å². The number of carbonyl (C=O) groups excluding carboxylic acids is 2. The predicted octanol–water partition coefficient (Wildman–Crippen LogP) is 1.83. The molecule has 2 amide bonds. The van der Waals surface area contributed by atoms with Crippen LogP contribution in [-0.4, -0.2) is 43.0 Å². The molecule has 3 rings (SSSR count). The first-order chi connectivity index (χ1) is 12.0. The maximum Gasteiger partial charge on any atom is 0.287 e. The molecule has 2 aromatic rings. The number of amides is 2. The number of furan rings is 1. The minimum atomic E-state index is -0.667. The third-order valence-electron chi connectivity index (χ3n) is 3.87. The number of hydrogen-bond acceptors (Lipinski definition) is 5. The fraction of sp³-hybridized carbons (Fsp3) is 0.333. The lowest BCUT2D eigenvalue weighted by molar-refractivity contribution is -0.132. The van der Waals surface area contributed by atoms with Crippen LogP contribution >= 0.6 is 0 Å². The number of fused-ring (bicyclic) bond motifs is 1. The van der Waals surface area contributed by atoms with Gasteiger partial charge in [0.25, 0.3) is 5.91 Å². The molecule has 1 atom stereocenters. The van der Waals surface area contributed by atoms with Gasteiger partial charge in [-0.3, -0.25) is 9.59 Å². The van der Waals surface area contributed by atoms with Crippen LogP contribution in [0.1, 0.15) is 23.0 Å². The number of ether oxygens (including phenoxy) is 2. The van der Waals surface area contributed by atoms with Gasteiger partial charge in [0.1, 0.15) is 19.3 Å². The molecular formula is C18H20N2O5. The van der Waals surface area contributed by atoms with Crippen molar-refractivity contribution in [2.75, 3.05) is 20.3 Å². The minimum absolute atomic E-state index is 0.175. The summed E-state index contributed by atoms with van der Waals surface area (Å²) < 4.78 is 16.1. The third-order valence-corrected chi connectivity index (χ3v) is 3.87. The molecule has 0 spiro atoms. The van der Waals surface area contributed by atoms with Crippen molar-refractivity contribution < 1.29 is 23.5 Å². The molecule has 0 bridgehead atoms. The number of nitrogens with one attached hydrogen (secondary N) is 1. The quantitative estimate of drug-likeness (QED) is 0.895. The second kappa shape index (κ2) is 7.29. The zero-order valence-corrected chi connectivity index (χ0v) is 14.2. The topological polar surface area (TPSA) is 81.0 Å². The number of likely N-dealkylation sites (N-methyl/N-ethyl adjacent to an activating group) is 1. The molecule has 0 radical (unpaired) electrons. The van der Waals surface area contributed by atoms with Crippen molar-refractivity contribution in [2.45, 2.75) is 19.5 Å². The maximum absolute atomic E-state index is 12.5. The summed E-state index contributed by atoms with van der Waals surface area (Å²) in [6.07, 6.45) is 1.41. The largest absolute Gasteiger partial charge is 0.486 e. The van der Waals surface area contributed by atoms with Gasteiger partial charge >= 0.3 is 0 Å². The molecule has 0 aliphatic carbocycles. The Hall–Kier alpha value is -2.96. The smallest absolute Gasteiger partial charge is 0.287 e. The van der Waals surface area contributed by atoms with Gasteiger partial charge in [0.15, 0.2) is 17.3 Å². The van der Waals surface area contributed by atoms with Crippen LogP contribution in [0.15, 0.2) is 41.0 Å². The van der Waals surface area contributed by atoms with E-state index in [1.165, 1.54) is 6.26 Å². The Morgan fingerprint density at radius 2 is 1.96 bits per heavy atom. The number of benzene rings is 1. The van der Waals surface area contributed by atoms with E-state index in [0.717, 1.165) is 5.56 Å². The fourth-order valence-electron chi connectivity index (χ4n) is 2.61. The Morgan fingerprint density at radius 3 is 2.68 bits per heavy atom. The molecule has 0 fully saturated rings. The van der Waals surface area contributed by atoms with Crippen LogP contribution in [-0.2, 0) is 11.3 Å². The normalized spacial score (nSPS) is 13.8. The summed E-state index contributed by atoms with van der Waals surface area (Å²) in [4.78, 5) is 26.0. The Balaban J connectivity index is 1.59. The van der Waals surface area contributed by atoms with Crippen molar-refractivity contribution in [1.29, 1.82) is 0 Å². The van der Waals surface area contributed by atoms with E-state index in [2.05, 4.69) is 5.32 Å². The van der Waals surface area contributed by atoms with Gasteiger partial charge in [-0.2, -0.15) is 0 Å². The lowest BCUT2D eigenvalue weighted by Gasteiger charge is -2.23. The molecule has 1 N–H and O–H groups in total. The van der Waals surface area contributed by atoms with Gasteiger partial charge in [-0.05, 0) is 36.8 Å². The molecule has 1 unspecified atom stereocenters. The molecular weight excluding hydrogens is 324 g/mol. The molecule has 132 valence electrons. The van der Waals surface area contributed by atoms with Gasteiger partial charge in [0.05, 0.1) is 6.26 Å². The van der Waals surface area contributed by atoms with Crippen LogP contribution in [0, 0.1) is 0 Å². The first kappa shape index (κ1) is 16.9. The van der Waals surface area contributed by atoms with Gasteiger partial charge in [0, 0.05) is 13.6 Å². The second-order valence-electron chi connectivity index (χ2n) is 5.84. The SMILES string of the molecule is CC(NC(=O)c1ccco1)C(=O)N(C)Cc1ccc2c(c1)OCCO2. The van der Waals surface area contributed by atoms with Gasteiger partial charge < -0.3 is 24.1 Å². The van der Waals surface area contributed by atoms with Crippen LogP contribution in [0.25, 0.3) is 0 Å². The van der Waals surface area contributed by atoms with Gasteiger partial charge in [-0.25, -0.2) is 0 Å². The highest BCUT2D eigenvalue weighted by atomic mass is 16.6. The molecule has 2 heterocycles. The fourth-order valence-corrected chi connectivity index (χ4v) is 2.61. The highest BCUT2D eigenvalue weighted by Gasteiger charge is 2.22. The molecule has 1 aliphatic rings. The molecule has 7 heteroatoms. The van der Waals surface area contributed by atoms with E-state index in [1.54, 1.807) is 31.0 Å². The highest BCUT2D eigenvalue weighted by molar-refractivity contribution is 5.95. The molecule has 25 heavy (non-hydrogen) atoms. The van der Waals surface area contributed by atoms with Crippen molar-refractivity contribution in [3.8, 4) is 11.5 Å². The molecule has 1 aliphatic heterocycles. The lowest BCUT2D eigenvalue weighted by atomic mass is 10.1. The zero-order valence-electron chi connectivity index (χ0n) is 14.2. The predicted molar refractivity (Wildman–Crippen MR) is 89.5 cm³/mol. The monoisotopic (exact) mass is 344 g/mol. The summed E-state index contributed by atoms with van der Waals surface area (Å²) in [5.41, 5.74) is 0.921. The summed E-state index contributed by atoms with van der Waals surface area (Å²) in [6, 6.07) is 8.10. The van der Waals surface area contributed by atoms with Crippen molar-refractivity contribution in [2.24, 2.45) is 0 Å². The van der Waals surface area contributed by atoms with Crippen LogP contribution in [0.3, 0.4) is 0 Å². The van der Waals surface area contributed by atoms with Gasteiger partial charge in [-0.1, -0.05) is 6.07 Å². The van der Waals surface area contributed by atoms with Gasteiger partial charge in [0.2, 0.25) is 5.91 Å². The zero-order chi connectivity index (χ0) is 17.8. The highest BCUT2D eigenvalue weighted by Crippen LogP contribution is 2.31. The summed E-state index contributed by atoms with van der Waals surface area (Å²) in [5.74, 6) is 0.953. The van der Waals surface area contributed by atoms with Gasteiger partial charge in [-0.15, -0.1) is 0 Å². The number of carbonyl (C=O) groups is 2. The van der Waals surface area contributed by atoms with Crippen LogP contribution in [0.5, 0.6) is 11.5 Å². The average molecular weight is 344 g/mol.